The first kappa shape index (κ1) is 11.8. The van der Waals surface area contributed by atoms with E-state index in [1.54, 1.807) is 12.1 Å². The van der Waals surface area contributed by atoms with Crippen molar-refractivity contribution in [2.24, 2.45) is 0 Å². The number of aryl methyl sites for hydroxylation is 1. The van der Waals surface area contributed by atoms with E-state index >= 15 is 0 Å². The van der Waals surface area contributed by atoms with Gasteiger partial charge >= 0.3 is 0 Å². The SMILES string of the molecule is CCCCC(=O)CCc1ccc(O)cc1. The van der Waals surface area contributed by atoms with Gasteiger partial charge in [0.25, 0.3) is 0 Å². The first-order chi connectivity index (χ1) is 7.22. The Balaban J connectivity index is 2.30. The molecule has 1 aromatic carbocycles. The lowest BCUT2D eigenvalue weighted by atomic mass is 10.0. The van der Waals surface area contributed by atoms with Crippen LogP contribution in [-0.2, 0) is 11.2 Å². The summed E-state index contributed by atoms with van der Waals surface area (Å²) in [7, 11) is 0. The average molecular weight is 206 g/mol. The highest BCUT2D eigenvalue weighted by molar-refractivity contribution is 5.78. The van der Waals surface area contributed by atoms with Crippen LogP contribution in [0.5, 0.6) is 5.75 Å². The fraction of sp³-hybridized carbons (Fsp3) is 0.462. The normalized spacial score (nSPS) is 10.2. The van der Waals surface area contributed by atoms with E-state index < -0.39 is 0 Å². The monoisotopic (exact) mass is 206 g/mol. The van der Waals surface area contributed by atoms with Gasteiger partial charge in [-0.25, -0.2) is 0 Å². The van der Waals surface area contributed by atoms with Crippen LogP contribution in [0, 0.1) is 0 Å². The Labute approximate surface area is 90.9 Å². The van der Waals surface area contributed by atoms with Crippen LogP contribution < -0.4 is 0 Å². The third kappa shape index (κ3) is 4.63. The highest BCUT2D eigenvalue weighted by atomic mass is 16.3. The Morgan fingerprint density at radius 1 is 1.20 bits per heavy atom. The van der Waals surface area contributed by atoms with Crippen molar-refractivity contribution in [1.82, 2.24) is 0 Å². The molecule has 15 heavy (non-hydrogen) atoms. The molecule has 0 saturated heterocycles. The minimum Gasteiger partial charge on any atom is -0.508 e. The van der Waals surface area contributed by atoms with E-state index in [4.69, 9.17) is 5.11 Å². The molecule has 2 heteroatoms. The van der Waals surface area contributed by atoms with Crippen molar-refractivity contribution in [2.45, 2.75) is 39.0 Å². The molecule has 82 valence electrons. The average Bonchev–Trinajstić information content (AvgIpc) is 2.25. The molecule has 0 unspecified atom stereocenters. The minimum atomic E-state index is 0.274. The van der Waals surface area contributed by atoms with Crippen LogP contribution in [0.1, 0.15) is 38.2 Å². The van der Waals surface area contributed by atoms with Crippen molar-refractivity contribution >= 4 is 5.78 Å². The molecule has 0 spiro atoms. The molecule has 0 radical (unpaired) electrons. The second-order valence-corrected chi connectivity index (χ2v) is 3.81. The van der Waals surface area contributed by atoms with Gasteiger partial charge in [0.1, 0.15) is 11.5 Å². The van der Waals surface area contributed by atoms with Crippen molar-refractivity contribution < 1.29 is 9.90 Å². The lowest BCUT2D eigenvalue weighted by Crippen LogP contribution is -1.99. The molecule has 1 rings (SSSR count). The summed E-state index contributed by atoms with van der Waals surface area (Å²) in [5.74, 6) is 0.612. The molecule has 0 aliphatic rings. The van der Waals surface area contributed by atoms with E-state index in [1.165, 1.54) is 0 Å². The number of carbonyl (C=O) groups is 1. The van der Waals surface area contributed by atoms with Crippen LogP contribution in [0.15, 0.2) is 24.3 Å². The van der Waals surface area contributed by atoms with Crippen molar-refractivity contribution in [2.75, 3.05) is 0 Å². The number of carbonyl (C=O) groups excluding carboxylic acids is 1. The third-order valence-electron chi connectivity index (χ3n) is 2.44. The number of aromatic hydroxyl groups is 1. The standard InChI is InChI=1S/C13H18O2/c1-2-3-4-12(14)8-5-11-6-9-13(15)10-7-11/h6-7,9-10,15H,2-5,8H2,1H3. The Morgan fingerprint density at radius 2 is 1.87 bits per heavy atom. The summed E-state index contributed by atoms with van der Waals surface area (Å²) in [5.41, 5.74) is 1.11. The maximum Gasteiger partial charge on any atom is 0.133 e. The van der Waals surface area contributed by atoms with Gasteiger partial charge in [0.2, 0.25) is 0 Å². The number of rotatable bonds is 6. The van der Waals surface area contributed by atoms with E-state index in [9.17, 15) is 4.79 Å². The lowest BCUT2D eigenvalue weighted by molar-refractivity contribution is -0.119. The van der Waals surface area contributed by atoms with Crippen molar-refractivity contribution in [3.8, 4) is 5.75 Å². The van der Waals surface area contributed by atoms with Crippen molar-refractivity contribution in [3.63, 3.8) is 0 Å². The molecule has 0 aliphatic heterocycles. The van der Waals surface area contributed by atoms with Gasteiger partial charge in [0.15, 0.2) is 0 Å². The van der Waals surface area contributed by atoms with E-state index in [0.29, 0.717) is 18.6 Å². The molecule has 0 atom stereocenters. The van der Waals surface area contributed by atoms with Crippen LogP contribution in [0.4, 0.5) is 0 Å². The van der Waals surface area contributed by atoms with E-state index in [2.05, 4.69) is 6.92 Å². The van der Waals surface area contributed by atoms with Crippen LogP contribution >= 0.6 is 0 Å². The summed E-state index contributed by atoms with van der Waals surface area (Å²) >= 11 is 0. The summed E-state index contributed by atoms with van der Waals surface area (Å²) in [6, 6.07) is 7.04. The first-order valence-corrected chi connectivity index (χ1v) is 5.52. The number of hydrogen-bond acceptors (Lipinski definition) is 2. The summed E-state index contributed by atoms with van der Waals surface area (Å²) in [6.45, 7) is 2.09. The van der Waals surface area contributed by atoms with Gasteiger partial charge in [-0.15, -0.1) is 0 Å². The van der Waals surface area contributed by atoms with E-state index in [-0.39, 0.29) is 5.75 Å². The Morgan fingerprint density at radius 3 is 2.47 bits per heavy atom. The van der Waals surface area contributed by atoms with Gasteiger partial charge in [-0.3, -0.25) is 4.79 Å². The molecule has 0 fully saturated rings. The highest BCUT2D eigenvalue weighted by Gasteiger charge is 2.01. The number of unbranched alkanes of at least 4 members (excludes halogenated alkanes) is 1. The fourth-order valence-corrected chi connectivity index (χ4v) is 1.45. The van der Waals surface area contributed by atoms with Gasteiger partial charge in [0, 0.05) is 12.8 Å². The largest absolute Gasteiger partial charge is 0.508 e. The molecule has 0 aliphatic carbocycles. The zero-order valence-electron chi connectivity index (χ0n) is 9.20. The van der Waals surface area contributed by atoms with E-state index in [1.807, 2.05) is 12.1 Å². The number of phenolic OH excluding ortho intramolecular Hbond substituents is 1. The van der Waals surface area contributed by atoms with Crippen LogP contribution in [0.2, 0.25) is 0 Å². The Kier molecular flexibility index (Phi) is 4.88. The van der Waals surface area contributed by atoms with Gasteiger partial charge in [-0.05, 0) is 30.5 Å². The molecule has 0 amide bonds. The Bertz CT molecular complexity index is 301. The third-order valence-corrected chi connectivity index (χ3v) is 2.44. The molecule has 1 N–H and O–H groups in total. The molecule has 0 saturated carbocycles. The topological polar surface area (TPSA) is 37.3 Å². The van der Waals surface area contributed by atoms with Gasteiger partial charge in [0.05, 0.1) is 0 Å². The predicted molar refractivity (Wildman–Crippen MR) is 61.0 cm³/mol. The molecule has 0 heterocycles. The summed E-state index contributed by atoms with van der Waals surface area (Å²) in [6.07, 6.45) is 4.17. The zero-order chi connectivity index (χ0) is 11.1. The maximum absolute atomic E-state index is 11.4. The lowest BCUT2D eigenvalue weighted by Gasteiger charge is -2.01. The molecular formula is C13H18O2. The van der Waals surface area contributed by atoms with Gasteiger partial charge in [-0.2, -0.15) is 0 Å². The molecular weight excluding hydrogens is 188 g/mol. The molecule has 2 nitrogen and oxygen atoms in total. The molecule has 0 aromatic heterocycles. The zero-order valence-corrected chi connectivity index (χ0v) is 9.20. The maximum atomic E-state index is 11.4. The minimum absolute atomic E-state index is 0.274. The number of benzene rings is 1. The van der Waals surface area contributed by atoms with Gasteiger partial charge in [-0.1, -0.05) is 25.5 Å². The molecule has 0 bridgehead atoms. The quantitative estimate of drug-likeness (QED) is 0.776. The van der Waals surface area contributed by atoms with Crippen molar-refractivity contribution in [1.29, 1.82) is 0 Å². The summed E-state index contributed by atoms with van der Waals surface area (Å²) in [4.78, 5) is 11.4. The van der Waals surface area contributed by atoms with Crippen LogP contribution in [-0.4, -0.2) is 10.9 Å². The highest BCUT2D eigenvalue weighted by Crippen LogP contribution is 2.12. The summed E-state index contributed by atoms with van der Waals surface area (Å²) in [5, 5.41) is 9.08. The van der Waals surface area contributed by atoms with Crippen LogP contribution in [0.25, 0.3) is 0 Å². The second-order valence-electron chi connectivity index (χ2n) is 3.81. The van der Waals surface area contributed by atoms with Crippen molar-refractivity contribution in [3.05, 3.63) is 29.8 Å². The Hall–Kier alpha value is -1.31. The van der Waals surface area contributed by atoms with Gasteiger partial charge < -0.3 is 5.11 Å². The van der Waals surface area contributed by atoms with Crippen LogP contribution in [0.3, 0.4) is 0 Å². The smallest absolute Gasteiger partial charge is 0.133 e. The summed E-state index contributed by atoms with van der Waals surface area (Å²) < 4.78 is 0. The van der Waals surface area contributed by atoms with E-state index in [0.717, 1.165) is 24.8 Å². The number of phenols is 1. The fourth-order valence-electron chi connectivity index (χ4n) is 1.45. The number of Topliss-reactive ketones (excluding diaryl/α,β-unsaturated/α-hetero) is 1. The second kappa shape index (κ2) is 6.23. The number of ketones is 1. The predicted octanol–water partition coefficient (Wildman–Crippen LogP) is 3.08. The first-order valence-electron chi connectivity index (χ1n) is 5.52. The molecule has 1 aromatic rings. The number of hydrogen-bond donors (Lipinski definition) is 1.